The Bertz CT molecular complexity index is 288. The second-order valence-electron chi connectivity index (χ2n) is 2.20. The summed E-state index contributed by atoms with van der Waals surface area (Å²) in [7, 11) is 0. The number of benzene rings is 1. The van der Waals surface area contributed by atoms with Gasteiger partial charge in [-0.2, -0.15) is 0 Å². The van der Waals surface area contributed by atoms with E-state index in [2.05, 4.69) is 5.92 Å². The summed E-state index contributed by atoms with van der Waals surface area (Å²) in [5.41, 5.74) is 6.09. The number of phenolic OH excluding ortho intramolecular Hbond substituents is 1. The molecule has 0 spiro atoms. The Hall–Kier alpha value is -1.46. The van der Waals surface area contributed by atoms with E-state index in [1.54, 1.807) is 24.3 Å². The number of nitrogens with two attached hydrogens (primary N) is 1. The predicted molar refractivity (Wildman–Crippen MR) is 43.9 cm³/mol. The van der Waals surface area contributed by atoms with Crippen molar-refractivity contribution < 1.29 is 5.11 Å². The molecule has 1 atom stereocenters. The van der Waals surface area contributed by atoms with Crippen molar-refractivity contribution in [3.8, 4) is 18.1 Å². The molecule has 0 aromatic heterocycles. The Morgan fingerprint density at radius 2 is 2.09 bits per heavy atom. The molecule has 1 rings (SSSR count). The maximum Gasteiger partial charge on any atom is 0.121 e. The lowest BCUT2D eigenvalue weighted by atomic mass is 10.1. The molecule has 0 unspecified atom stereocenters. The Morgan fingerprint density at radius 3 is 2.64 bits per heavy atom. The molecule has 0 fully saturated rings. The van der Waals surface area contributed by atoms with E-state index in [0.717, 1.165) is 0 Å². The molecule has 0 amide bonds. The van der Waals surface area contributed by atoms with E-state index in [9.17, 15) is 5.11 Å². The molecule has 0 aliphatic carbocycles. The second kappa shape index (κ2) is 3.09. The summed E-state index contributed by atoms with van der Waals surface area (Å²) >= 11 is 0. The Balaban J connectivity index is 3.05. The van der Waals surface area contributed by atoms with E-state index in [0.29, 0.717) is 5.56 Å². The molecule has 2 heteroatoms. The van der Waals surface area contributed by atoms with Gasteiger partial charge in [-0.05, 0) is 6.07 Å². The fourth-order valence-corrected chi connectivity index (χ4v) is 0.840. The molecule has 0 heterocycles. The van der Waals surface area contributed by atoms with Crippen LogP contribution in [0.2, 0.25) is 0 Å². The van der Waals surface area contributed by atoms with Gasteiger partial charge < -0.3 is 10.8 Å². The minimum absolute atomic E-state index is 0.151. The summed E-state index contributed by atoms with van der Waals surface area (Å²) in [6, 6.07) is 6.26. The maximum atomic E-state index is 9.24. The third-order valence-electron chi connectivity index (χ3n) is 1.45. The van der Waals surface area contributed by atoms with Crippen LogP contribution >= 0.6 is 0 Å². The molecule has 2 nitrogen and oxygen atoms in total. The zero-order valence-corrected chi connectivity index (χ0v) is 5.99. The van der Waals surface area contributed by atoms with Crippen LogP contribution in [0.15, 0.2) is 24.3 Å². The highest BCUT2D eigenvalue weighted by atomic mass is 16.3. The quantitative estimate of drug-likeness (QED) is 0.583. The topological polar surface area (TPSA) is 46.2 Å². The average molecular weight is 147 g/mol. The van der Waals surface area contributed by atoms with E-state index in [4.69, 9.17) is 12.2 Å². The third-order valence-corrected chi connectivity index (χ3v) is 1.45. The summed E-state index contributed by atoms with van der Waals surface area (Å²) in [5.74, 6) is 2.49. The van der Waals surface area contributed by atoms with Crippen molar-refractivity contribution in [2.75, 3.05) is 0 Å². The molecular weight excluding hydrogens is 138 g/mol. The van der Waals surface area contributed by atoms with Crippen molar-refractivity contribution in [1.82, 2.24) is 0 Å². The third kappa shape index (κ3) is 1.51. The Labute approximate surface area is 65.7 Å². The van der Waals surface area contributed by atoms with Crippen molar-refractivity contribution in [3.05, 3.63) is 29.8 Å². The molecule has 1 aromatic carbocycles. The lowest BCUT2D eigenvalue weighted by molar-refractivity contribution is 0.466. The zero-order chi connectivity index (χ0) is 8.27. The summed E-state index contributed by atoms with van der Waals surface area (Å²) in [6.45, 7) is 0. The molecule has 0 bridgehead atoms. The van der Waals surface area contributed by atoms with Crippen LogP contribution in [-0.2, 0) is 0 Å². The first kappa shape index (κ1) is 7.64. The van der Waals surface area contributed by atoms with E-state index in [1.165, 1.54) is 0 Å². The second-order valence-corrected chi connectivity index (χ2v) is 2.20. The number of aromatic hydroxyl groups is 1. The van der Waals surface area contributed by atoms with Gasteiger partial charge >= 0.3 is 0 Å². The minimum atomic E-state index is -0.517. The summed E-state index contributed by atoms with van der Waals surface area (Å²) in [6.07, 6.45) is 5.09. The van der Waals surface area contributed by atoms with E-state index in [1.807, 2.05) is 0 Å². The fraction of sp³-hybridized carbons (Fsp3) is 0.111. The summed E-state index contributed by atoms with van der Waals surface area (Å²) in [4.78, 5) is 0. The van der Waals surface area contributed by atoms with Crippen molar-refractivity contribution in [2.45, 2.75) is 6.04 Å². The Morgan fingerprint density at radius 1 is 1.45 bits per heavy atom. The van der Waals surface area contributed by atoms with Gasteiger partial charge in [0.1, 0.15) is 5.75 Å². The molecule has 0 saturated heterocycles. The van der Waals surface area contributed by atoms with Crippen LogP contribution in [0.25, 0.3) is 0 Å². The zero-order valence-electron chi connectivity index (χ0n) is 5.99. The van der Waals surface area contributed by atoms with Crippen LogP contribution < -0.4 is 5.73 Å². The molecular formula is C9H9NO. The average Bonchev–Trinajstić information content (AvgIpc) is 2.04. The number of rotatable bonds is 1. The van der Waals surface area contributed by atoms with Gasteiger partial charge in [-0.15, -0.1) is 6.42 Å². The van der Waals surface area contributed by atoms with Gasteiger partial charge in [0.2, 0.25) is 0 Å². The lowest BCUT2D eigenvalue weighted by Crippen LogP contribution is -2.06. The van der Waals surface area contributed by atoms with Crippen molar-refractivity contribution in [1.29, 1.82) is 0 Å². The molecule has 11 heavy (non-hydrogen) atoms. The first-order chi connectivity index (χ1) is 5.25. The van der Waals surface area contributed by atoms with E-state index < -0.39 is 6.04 Å². The highest BCUT2D eigenvalue weighted by molar-refractivity contribution is 5.37. The Kier molecular flexibility index (Phi) is 2.15. The van der Waals surface area contributed by atoms with E-state index in [-0.39, 0.29) is 5.75 Å². The smallest absolute Gasteiger partial charge is 0.121 e. The van der Waals surface area contributed by atoms with Gasteiger partial charge in [-0.1, -0.05) is 24.1 Å². The SMILES string of the molecule is C#C[C@H](N)c1ccccc1O. The van der Waals surface area contributed by atoms with Gasteiger partial charge in [0.15, 0.2) is 0 Å². The summed E-state index contributed by atoms with van der Waals surface area (Å²) < 4.78 is 0. The number of para-hydroxylation sites is 1. The van der Waals surface area contributed by atoms with Crippen molar-refractivity contribution in [2.24, 2.45) is 5.73 Å². The fourth-order valence-electron chi connectivity index (χ4n) is 0.840. The van der Waals surface area contributed by atoms with E-state index >= 15 is 0 Å². The highest BCUT2D eigenvalue weighted by Gasteiger charge is 2.05. The molecule has 0 aliphatic rings. The van der Waals surface area contributed by atoms with Gasteiger partial charge in [0, 0.05) is 5.56 Å². The normalized spacial score (nSPS) is 12.0. The monoisotopic (exact) mass is 147 g/mol. The van der Waals surface area contributed by atoms with Gasteiger partial charge in [0.25, 0.3) is 0 Å². The number of hydrogen-bond donors (Lipinski definition) is 2. The summed E-state index contributed by atoms with van der Waals surface area (Å²) in [5, 5.41) is 9.24. The first-order valence-corrected chi connectivity index (χ1v) is 3.25. The van der Waals surface area contributed by atoms with Crippen molar-refractivity contribution in [3.63, 3.8) is 0 Å². The van der Waals surface area contributed by atoms with Gasteiger partial charge in [0.05, 0.1) is 6.04 Å². The first-order valence-electron chi connectivity index (χ1n) is 3.25. The molecule has 0 aliphatic heterocycles. The van der Waals surface area contributed by atoms with Crippen LogP contribution in [-0.4, -0.2) is 5.11 Å². The van der Waals surface area contributed by atoms with Crippen LogP contribution in [0.3, 0.4) is 0 Å². The highest BCUT2D eigenvalue weighted by Crippen LogP contribution is 2.20. The minimum Gasteiger partial charge on any atom is -0.508 e. The maximum absolute atomic E-state index is 9.24. The standard InChI is InChI=1S/C9H9NO/c1-2-8(10)7-5-3-4-6-9(7)11/h1,3-6,8,11H,10H2/t8-/m0/s1. The molecule has 1 aromatic rings. The number of phenols is 1. The molecule has 0 radical (unpaired) electrons. The molecule has 3 N–H and O–H groups in total. The largest absolute Gasteiger partial charge is 0.508 e. The lowest BCUT2D eigenvalue weighted by Gasteiger charge is -2.05. The molecule has 56 valence electrons. The van der Waals surface area contributed by atoms with Crippen molar-refractivity contribution >= 4 is 0 Å². The predicted octanol–water partition coefficient (Wildman–Crippen LogP) is 1.03. The number of hydrogen-bond acceptors (Lipinski definition) is 2. The van der Waals surface area contributed by atoms with Gasteiger partial charge in [-0.3, -0.25) is 0 Å². The van der Waals surface area contributed by atoms with Crippen LogP contribution in [0.5, 0.6) is 5.75 Å². The molecule has 0 saturated carbocycles. The van der Waals surface area contributed by atoms with Crippen LogP contribution in [0.1, 0.15) is 11.6 Å². The van der Waals surface area contributed by atoms with Crippen LogP contribution in [0.4, 0.5) is 0 Å². The van der Waals surface area contributed by atoms with Gasteiger partial charge in [-0.25, -0.2) is 0 Å². The number of terminal acetylenes is 1. The van der Waals surface area contributed by atoms with Crippen LogP contribution in [0, 0.1) is 12.3 Å².